The number of halogens is 2. The van der Waals surface area contributed by atoms with Crippen LogP contribution in [0.2, 0.25) is 0 Å². The van der Waals surface area contributed by atoms with Crippen molar-refractivity contribution in [2.45, 2.75) is 56.0 Å². The Hall–Kier alpha value is -3.38. The van der Waals surface area contributed by atoms with Crippen molar-refractivity contribution in [1.29, 1.82) is 0 Å². The number of allylic oxidation sites excluding steroid dienone is 2. The minimum absolute atomic E-state index is 0. The highest BCUT2D eigenvalue weighted by Crippen LogP contribution is 2.26. The molecule has 4 unspecified atom stereocenters. The number of carboxylic acids is 2. The van der Waals surface area contributed by atoms with Gasteiger partial charge in [0.2, 0.25) is 0 Å². The van der Waals surface area contributed by atoms with Crippen LogP contribution >= 0.6 is 24.8 Å². The third kappa shape index (κ3) is 14.1. The van der Waals surface area contributed by atoms with Crippen LogP contribution in [0.4, 0.5) is 0 Å². The third-order valence-corrected chi connectivity index (χ3v) is 6.83. The molecule has 0 aromatic heterocycles. The number of ketones is 2. The average molecular weight is 638 g/mol. The van der Waals surface area contributed by atoms with Gasteiger partial charge in [0.05, 0.1) is 6.42 Å². The molecule has 0 saturated carbocycles. The molecular formula is C31H42Cl2N4O6. The molecule has 0 radical (unpaired) electrons. The van der Waals surface area contributed by atoms with E-state index in [0.29, 0.717) is 25.9 Å². The predicted molar refractivity (Wildman–Crippen MR) is 173 cm³/mol. The highest BCUT2D eigenvalue weighted by atomic mass is 35.5. The van der Waals surface area contributed by atoms with Crippen molar-refractivity contribution in [3.63, 3.8) is 0 Å². The van der Waals surface area contributed by atoms with E-state index in [2.05, 4.69) is 0 Å². The van der Waals surface area contributed by atoms with E-state index in [9.17, 15) is 19.2 Å². The molecule has 2 rings (SSSR count). The highest BCUT2D eigenvalue weighted by molar-refractivity contribution is 6.10. The number of benzene rings is 2. The summed E-state index contributed by atoms with van der Waals surface area (Å²) in [6.45, 7) is 0.806. The first-order valence-electron chi connectivity index (χ1n) is 13.5. The minimum Gasteiger partial charge on any atom is -0.480 e. The normalized spacial score (nSPS) is 13.9. The molecule has 0 aliphatic carbocycles. The predicted octanol–water partition coefficient (Wildman–Crippen LogP) is 3.25. The zero-order valence-corrected chi connectivity index (χ0v) is 25.5. The molecule has 4 atom stereocenters. The molecular weight excluding hydrogens is 595 g/mol. The van der Waals surface area contributed by atoms with Crippen LogP contribution in [0.3, 0.4) is 0 Å². The quantitative estimate of drug-likeness (QED) is 0.104. The summed E-state index contributed by atoms with van der Waals surface area (Å²) in [5.41, 5.74) is 26.1. The Morgan fingerprint density at radius 3 is 1.23 bits per heavy atom. The fourth-order valence-corrected chi connectivity index (χ4v) is 4.48. The Morgan fingerprint density at radius 1 is 0.628 bits per heavy atom. The molecule has 0 saturated heterocycles. The second kappa shape index (κ2) is 20.5. The van der Waals surface area contributed by atoms with E-state index in [-0.39, 0.29) is 67.5 Å². The summed E-state index contributed by atoms with van der Waals surface area (Å²) in [6.07, 6.45) is 7.43. The maximum Gasteiger partial charge on any atom is 0.320 e. The molecule has 0 amide bonds. The highest BCUT2D eigenvalue weighted by Gasteiger charge is 2.21. The summed E-state index contributed by atoms with van der Waals surface area (Å²) in [5, 5.41) is 18.2. The van der Waals surface area contributed by atoms with Gasteiger partial charge >= 0.3 is 11.9 Å². The molecule has 0 bridgehead atoms. The van der Waals surface area contributed by atoms with Crippen LogP contribution in [0, 0.1) is 0 Å². The first kappa shape index (κ1) is 39.6. The zero-order chi connectivity index (χ0) is 30.4. The van der Waals surface area contributed by atoms with E-state index in [0.717, 1.165) is 22.3 Å². The average Bonchev–Trinajstić information content (AvgIpc) is 2.95. The van der Waals surface area contributed by atoms with Gasteiger partial charge in [0.25, 0.3) is 0 Å². The number of aliphatic carboxylic acids is 2. The molecule has 2 aromatic rings. The lowest BCUT2D eigenvalue weighted by molar-refractivity contribution is -0.139. The van der Waals surface area contributed by atoms with E-state index in [1.54, 1.807) is 12.2 Å². The van der Waals surface area contributed by atoms with Gasteiger partial charge in [0, 0.05) is 0 Å². The van der Waals surface area contributed by atoms with Gasteiger partial charge in [-0.25, -0.2) is 0 Å². The van der Waals surface area contributed by atoms with Crippen LogP contribution in [-0.4, -0.2) is 58.9 Å². The standard InChI is InChI=1S/C31H40N4O6.2ClH/c32-15-13-24(17-28(34)30(38)39)22-7-1-20(2-8-22)5-11-26(36)19-27(37)12-6-21-3-9-23(10-4-21)25(14-16-33)18-29(35)31(40)41;;/h1-12,24-25,28-29H,13-19,32-35H2,(H,38,39)(H,40,41);2*1H. The first-order chi connectivity index (χ1) is 19.5. The summed E-state index contributed by atoms with van der Waals surface area (Å²) in [4.78, 5) is 46.9. The molecule has 0 aliphatic rings. The number of rotatable bonds is 18. The number of carbonyl (C=O) groups is 4. The maximum atomic E-state index is 12.3. The van der Waals surface area contributed by atoms with Crippen LogP contribution in [0.1, 0.15) is 66.2 Å². The summed E-state index contributed by atoms with van der Waals surface area (Å²) in [6, 6.07) is 12.7. The maximum absolute atomic E-state index is 12.3. The fraction of sp³-hybridized carbons (Fsp3) is 0.355. The molecule has 2 aromatic carbocycles. The van der Waals surface area contributed by atoms with E-state index in [4.69, 9.17) is 33.1 Å². The fourth-order valence-electron chi connectivity index (χ4n) is 4.48. The van der Waals surface area contributed by atoms with E-state index >= 15 is 0 Å². The van der Waals surface area contributed by atoms with Gasteiger partial charge in [-0.05, 0) is 85.0 Å². The van der Waals surface area contributed by atoms with E-state index in [1.165, 1.54) is 12.2 Å². The third-order valence-electron chi connectivity index (χ3n) is 6.83. The molecule has 43 heavy (non-hydrogen) atoms. The van der Waals surface area contributed by atoms with Gasteiger partial charge in [0.1, 0.15) is 12.1 Å². The molecule has 0 fully saturated rings. The first-order valence-corrected chi connectivity index (χ1v) is 13.5. The lowest BCUT2D eigenvalue weighted by atomic mass is 9.89. The molecule has 10 N–H and O–H groups in total. The van der Waals surface area contributed by atoms with Crippen LogP contribution in [0.15, 0.2) is 60.7 Å². The SMILES string of the molecule is Cl.Cl.NCCC(CC(N)C(=O)O)c1ccc(C=CC(=O)CC(=O)C=Cc2ccc(C(CCN)CC(N)C(=O)O)cc2)cc1. The number of nitrogens with two attached hydrogens (primary N) is 4. The molecule has 12 heteroatoms. The number of hydrogen-bond donors (Lipinski definition) is 6. The number of hydrogen-bond acceptors (Lipinski definition) is 8. The van der Waals surface area contributed by atoms with Crippen molar-refractivity contribution < 1.29 is 29.4 Å². The van der Waals surface area contributed by atoms with Crippen molar-refractivity contribution in [2.24, 2.45) is 22.9 Å². The summed E-state index contributed by atoms with van der Waals surface area (Å²) < 4.78 is 0. The van der Waals surface area contributed by atoms with Crippen LogP contribution in [0.5, 0.6) is 0 Å². The van der Waals surface area contributed by atoms with E-state index in [1.807, 2.05) is 48.5 Å². The Kier molecular flexibility index (Phi) is 18.9. The van der Waals surface area contributed by atoms with Gasteiger partial charge in [-0.3, -0.25) is 19.2 Å². The van der Waals surface area contributed by atoms with Crippen molar-refractivity contribution in [1.82, 2.24) is 0 Å². The lowest BCUT2D eigenvalue weighted by Gasteiger charge is -2.19. The second-order valence-corrected chi connectivity index (χ2v) is 10.0. The number of carboxylic acid groups (broad SMARTS) is 2. The second-order valence-electron chi connectivity index (χ2n) is 10.0. The molecule has 10 nitrogen and oxygen atoms in total. The van der Waals surface area contributed by atoms with Crippen molar-refractivity contribution in [3.8, 4) is 0 Å². The lowest BCUT2D eigenvalue weighted by Crippen LogP contribution is -2.32. The van der Waals surface area contributed by atoms with Crippen LogP contribution in [-0.2, 0) is 19.2 Å². The van der Waals surface area contributed by atoms with Crippen molar-refractivity contribution in [2.75, 3.05) is 13.1 Å². The minimum atomic E-state index is -1.06. The van der Waals surface area contributed by atoms with Crippen LogP contribution in [0.25, 0.3) is 12.2 Å². The number of carbonyl (C=O) groups excluding carboxylic acids is 2. The van der Waals surface area contributed by atoms with Gasteiger partial charge in [-0.1, -0.05) is 60.7 Å². The summed E-state index contributed by atoms with van der Waals surface area (Å²) in [5.74, 6) is -2.97. The van der Waals surface area contributed by atoms with Gasteiger partial charge in [0.15, 0.2) is 11.6 Å². The largest absolute Gasteiger partial charge is 0.480 e. The van der Waals surface area contributed by atoms with Gasteiger partial charge in [-0.2, -0.15) is 0 Å². The Balaban J connectivity index is 0.00000882. The van der Waals surface area contributed by atoms with E-state index < -0.39 is 24.0 Å². The molecule has 0 heterocycles. The Bertz CT molecular complexity index is 1140. The zero-order valence-electron chi connectivity index (χ0n) is 23.8. The molecule has 0 aliphatic heterocycles. The smallest absolute Gasteiger partial charge is 0.320 e. The van der Waals surface area contributed by atoms with Crippen LogP contribution < -0.4 is 22.9 Å². The summed E-state index contributed by atoms with van der Waals surface area (Å²) in [7, 11) is 0. The Morgan fingerprint density at radius 2 is 0.953 bits per heavy atom. The molecule has 0 spiro atoms. The monoisotopic (exact) mass is 636 g/mol. The van der Waals surface area contributed by atoms with Crippen molar-refractivity contribution in [3.05, 3.63) is 82.9 Å². The topological polar surface area (TPSA) is 213 Å². The van der Waals surface area contributed by atoms with Gasteiger partial charge in [-0.15, -0.1) is 24.8 Å². The molecule has 236 valence electrons. The Labute approximate surface area is 264 Å². The van der Waals surface area contributed by atoms with Crippen molar-refractivity contribution >= 4 is 60.5 Å². The summed E-state index contributed by atoms with van der Waals surface area (Å²) >= 11 is 0. The van der Waals surface area contributed by atoms with Gasteiger partial charge < -0.3 is 33.1 Å².